The quantitative estimate of drug-likeness (QED) is 0.719. The van der Waals surface area contributed by atoms with E-state index in [0.29, 0.717) is 5.92 Å². The van der Waals surface area contributed by atoms with E-state index in [-0.39, 0.29) is 16.5 Å². The molecule has 0 unspecified atom stereocenters. The number of fused-ring (bicyclic) bond motifs is 1. The summed E-state index contributed by atoms with van der Waals surface area (Å²) in [6.07, 6.45) is 6.51. The Kier molecular flexibility index (Phi) is 4.84. The van der Waals surface area contributed by atoms with Crippen LogP contribution < -0.4 is 14.5 Å². The minimum atomic E-state index is -1.01. The topological polar surface area (TPSA) is 66.5 Å². The molecule has 2 aromatic heterocycles. The van der Waals surface area contributed by atoms with Gasteiger partial charge in [-0.1, -0.05) is 27.7 Å². The zero-order chi connectivity index (χ0) is 21.0. The fraction of sp³-hybridized carbons (Fsp3) is 0.591. The molecule has 6 nitrogen and oxygen atoms in total. The highest BCUT2D eigenvalue weighted by molar-refractivity contribution is 7.16. The van der Waals surface area contributed by atoms with Crippen molar-refractivity contribution in [2.45, 2.75) is 64.2 Å². The first-order valence-corrected chi connectivity index (χ1v) is 11.1. The van der Waals surface area contributed by atoms with Crippen LogP contribution in [0.3, 0.4) is 0 Å². The van der Waals surface area contributed by atoms with Gasteiger partial charge in [0.2, 0.25) is 6.20 Å². The summed E-state index contributed by atoms with van der Waals surface area (Å²) in [5.41, 5.74) is 2.43. The molecule has 0 radical (unpaired) electrons. The van der Waals surface area contributed by atoms with E-state index in [9.17, 15) is 9.90 Å². The Morgan fingerprint density at radius 3 is 2.55 bits per heavy atom. The third-order valence-corrected chi connectivity index (χ3v) is 7.69. The molecule has 1 saturated carbocycles. The summed E-state index contributed by atoms with van der Waals surface area (Å²) >= 11 is 1.79. The number of rotatable bonds is 6. The maximum atomic E-state index is 11.5. The summed E-state index contributed by atoms with van der Waals surface area (Å²) in [5.74, 6) is -0.354. The highest BCUT2D eigenvalue weighted by atomic mass is 32.1. The highest BCUT2D eigenvalue weighted by Crippen LogP contribution is 2.50. The molecule has 0 amide bonds. The predicted octanol–water partition coefficient (Wildman–Crippen LogP) is 4.08. The minimum Gasteiger partial charge on any atom is -0.473 e. The lowest BCUT2D eigenvalue weighted by molar-refractivity contribution is -0.886. The molecule has 0 aromatic carbocycles. The maximum Gasteiger partial charge on any atom is 0.406 e. The van der Waals surface area contributed by atoms with Gasteiger partial charge in [-0.2, -0.15) is 0 Å². The molecule has 2 aliphatic carbocycles. The number of carboxylic acid groups (broad SMARTS) is 1. The van der Waals surface area contributed by atoms with Crippen LogP contribution in [-0.2, 0) is 10.8 Å². The summed E-state index contributed by atoms with van der Waals surface area (Å²) in [5, 5.41) is 10.4. The zero-order valence-electron chi connectivity index (χ0n) is 17.9. The van der Waals surface area contributed by atoms with Crippen molar-refractivity contribution < 1.29 is 19.5 Å². The zero-order valence-corrected chi connectivity index (χ0v) is 18.7. The van der Waals surface area contributed by atoms with Gasteiger partial charge in [0.15, 0.2) is 5.13 Å². The number of pyridine rings is 1. The van der Waals surface area contributed by atoms with Crippen LogP contribution in [0.5, 0.6) is 0 Å². The molecule has 0 spiro atoms. The van der Waals surface area contributed by atoms with Crippen LogP contribution in [0, 0.1) is 5.92 Å². The number of carboxylic acids is 1. The van der Waals surface area contributed by atoms with E-state index in [1.807, 2.05) is 6.07 Å². The molecule has 0 saturated heterocycles. The van der Waals surface area contributed by atoms with E-state index >= 15 is 0 Å². The van der Waals surface area contributed by atoms with Gasteiger partial charge in [0.1, 0.15) is 12.8 Å². The SMILES string of the molecule is CO[n+]1cc(N(CC2CC2)c2nc3c(s2)C(C)(C)CCC3(C)C)ccc1C(=O)O. The smallest absolute Gasteiger partial charge is 0.406 e. The van der Waals surface area contributed by atoms with Crippen LogP contribution in [0.4, 0.5) is 10.8 Å². The van der Waals surface area contributed by atoms with Gasteiger partial charge in [-0.05, 0) is 37.7 Å². The van der Waals surface area contributed by atoms with Gasteiger partial charge in [-0.3, -0.25) is 4.84 Å². The van der Waals surface area contributed by atoms with Gasteiger partial charge in [-0.25, -0.2) is 9.78 Å². The lowest BCUT2D eigenvalue weighted by atomic mass is 9.69. The molecular formula is C22H30N3O3S+. The van der Waals surface area contributed by atoms with Crippen molar-refractivity contribution in [2.75, 3.05) is 18.6 Å². The van der Waals surface area contributed by atoms with Gasteiger partial charge < -0.3 is 10.0 Å². The third kappa shape index (κ3) is 3.72. The second kappa shape index (κ2) is 6.97. The van der Waals surface area contributed by atoms with Crippen LogP contribution in [-0.4, -0.2) is 29.7 Å². The molecular weight excluding hydrogens is 386 g/mol. The van der Waals surface area contributed by atoms with Crippen LogP contribution in [0.2, 0.25) is 0 Å². The maximum absolute atomic E-state index is 11.5. The number of hydrogen-bond acceptors (Lipinski definition) is 5. The first-order valence-electron chi connectivity index (χ1n) is 10.3. The number of nitrogens with zero attached hydrogens (tertiary/aromatic N) is 3. The molecule has 156 valence electrons. The first-order chi connectivity index (χ1) is 13.6. The molecule has 2 aromatic rings. The monoisotopic (exact) mass is 416 g/mol. The van der Waals surface area contributed by atoms with Gasteiger partial charge >= 0.3 is 11.7 Å². The first kappa shape index (κ1) is 20.1. The van der Waals surface area contributed by atoms with E-state index in [2.05, 4.69) is 32.6 Å². The molecule has 7 heteroatoms. The fourth-order valence-electron chi connectivity index (χ4n) is 4.00. The lowest BCUT2D eigenvalue weighted by Gasteiger charge is -2.37. The second-order valence-corrected chi connectivity index (χ2v) is 10.6. The van der Waals surface area contributed by atoms with Crippen LogP contribution in [0.1, 0.15) is 74.4 Å². The van der Waals surface area contributed by atoms with E-state index in [1.54, 1.807) is 23.6 Å². The van der Waals surface area contributed by atoms with Crippen molar-refractivity contribution in [1.82, 2.24) is 4.98 Å². The van der Waals surface area contributed by atoms with Crippen LogP contribution in [0.25, 0.3) is 0 Å². The Hall–Kier alpha value is -2.15. The molecule has 0 atom stereocenters. The van der Waals surface area contributed by atoms with E-state index in [0.717, 1.165) is 30.2 Å². The number of aromatic carboxylic acids is 1. The molecule has 0 aliphatic heterocycles. The third-order valence-electron chi connectivity index (χ3n) is 6.24. The minimum absolute atomic E-state index is 0.0739. The van der Waals surface area contributed by atoms with Crippen LogP contribution >= 0.6 is 11.3 Å². The van der Waals surface area contributed by atoms with Gasteiger partial charge in [0.25, 0.3) is 0 Å². The van der Waals surface area contributed by atoms with Crippen LogP contribution in [0.15, 0.2) is 18.3 Å². The number of hydrogen-bond donors (Lipinski definition) is 1. The Morgan fingerprint density at radius 1 is 1.28 bits per heavy atom. The highest BCUT2D eigenvalue weighted by Gasteiger charge is 2.41. The van der Waals surface area contributed by atoms with E-state index in [1.165, 1.54) is 35.3 Å². The summed E-state index contributed by atoms with van der Waals surface area (Å²) in [6.45, 7) is 10.1. The summed E-state index contributed by atoms with van der Waals surface area (Å²) in [4.78, 5) is 25.5. The van der Waals surface area contributed by atoms with Crippen molar-refractivity contribution in [3.05, 3.63) is 34.6 Å². The number of thiazole rings is 1. The Morgan fingerprint density at radius 2 is 1.97 bits per heavy atom. The van der Waals surface area contributed by atoms with Gasteiger partial charge in [0, 0.05) is 33.0 Å². The van der Waals surface area contributed by atoms with E-state index < -0.39 is 5.97 Å². The average Bonchev–Trinajstić information content (AvgIpc) is 3.37. The number of aromatic nitrogens is 2. The fourth-order valence-corrected chi connectivity index (χ4v) is 5.40. The summed E-state index contributed by atoms with van der Waals surface area (Å²) in [6, 6.07) is 3.46. The largest absolute Gasteiger partial charge is 0.473 e. The second-order valence-electron chi connectivity index (χ2n) is 9.58. The molecule has 4 rings (SSSR count). The Bertz CT molecular complexity index is 913. The molecule has 1 fully saturated rings. The number of carbonyl (C=O) groups is 1. The number of anilines is 2. The summed E-state index contributed by atoms with van der Waals surface area (Å²) < 4.78 is 1.32. The lowest BCUT2D eigenvalue weighted by Crippen LogP contribution is -2.46. The molecule has 2 aliphatic rings. The Labute approximate surface area is 176 Å². The normalized spacial score (nSPS) is 19.5. The summed E-state index contributed by atoms with van der Waals surface area (Å²) in [7, 11) is 1.48. The molecule has 0 bridgehead atoms. The van der Waals surface area contributed by atoms with E-state index in [4.69, 9.17) is 9.82 Å². The van der Waals surface area contributed by atoms with Crippen molar-refractivity contribution >= 4 is 28.1 Å². The van der Waals surface area contributed by atoms with Gasteiger partial charge in [0.05, 0.1) is 5.69 Å². The standard InChI is InChI=1S/C22H29N3O3S/c1-21(2)10-11-22(3,4)18-17(21)23-20(29-18)24(12-14-6-7-14)15-8-9-16(19(26)27)25(13-15)28-5/h8-9,13-14H,6-7,10-12H2,1-5H3/p+1. The Balaban J connectivity index is 1.79. The molecule has 2 heterocycles. The molecule has 1 N–H and O–H groups in total. The van der Waals surface area contributed by atoms with Crippen molar-refractivity contribution in [1.29, 1.82) is 0 Å². The average molecular weight is 417 g/mol. The van der Waals surface area contributed by atoms with Gasteiger partial charge in [-0.15, -0.1) is 11.3 Å². The molecule has 29 heavy (non-hydrogen) atoms. The predicted molar refractivity (Wildman–Crippen MR) is 113 cm³/mol. The van der Waals surface area contributed by atoms with Crippen molar-refractivity contribution in [2.24, 2.45) is 5.92 Å². The van der Waals surface area contributed by atoms with Crippen molar-refractivity contribution in [3.63, 3.8) is 0 Å². The van der Waals surface area contributed by atoms with Crippen molar-refractivity contribution in [3.8, 4) is 0 Å².